The van der Waals surface area contributed by atoms with Gasteiger partial charge in [0.2, 0.25) is 20.0 Å². The lowest BCUT2D eigenvalue weighted by Crippen LogP contribution is -2.28. The second-order valence-corrected chi connectivity index (χ2v) is 8.70. The predicted octanol–water partition coefficient (Wildman–Crippen LogP) is 2.27. The molecule has 0 spiro atoms. The molecular formula is C15H15F3N2O5S2. The lowest BCUT2D eigenvalue weighted by atomic mass is 10.1. The lowest BCUT2D eigenvalue weighted by molar-refractivity contribution is -0.275. The van der Waals surface area contributed by atoms with Crippen LogP contribution in [0, 0.1) is 0 Å². The zero-order chi connectivity index (χ0) is 20.5. The van der Waals surface area contributed by atoms with Gasteiger partial charge in [-0.3, -0.25) is 0 Å². The van der Waals surface area contributed by atoms with Gasteiger partial charge >= 0.3 is 6.36 Å². The number of nitrogens with one attached hydrogen (secondary N) is 1. The fourth-order valence-electron chi connectivity index (χ4n) is 2.21. The molecule has 27 heavy (non-hydrogen) atoms. The highest BCUT2D eigenvalue weighted by Gasteiger charge is 2.34. The number of sulfonamides is 2. The minimum absolute atomic E-state index is 0.230. The Labute approximate surface area is 154 Å². The van der Waals surface area contributed by atoms with Crippen LogP contribution < -0.4 is 14.6 Å². The molecule has 0 aromatic heterocycles. The number of para-hydroxylation sites is 1. The highest BCUT2D eigenvalue weighted by atomic mass is 32.2. The van der Waals surface area contributed by atoms with Crippen molar-refractivity contribution >= 4 is 20.0 Å². The molecule has 7 nitrogen and oxygen atoms in total. The average Bonchev–Trinajstić information content (AvgIpc) is 2.52. The zero-order valence-electron chi connectivity index (χ0n) is 13.8. The molecule has 3 N–H and O–H groups in total. The molecule has 2 aromatic carbocycles. The summed E-state index contributed by atoms with van der Waals surface area (Å²) in [6.07, 6.45) is -5.07. The number of hydrogen-bond donors (Lipinski definition) is 2. The molecular weight excluding hydrogens is 409 g/mol. The molecule has 0 aliphatic heterocycles. The number of nitrogens with two attached hydrogens (primary N) is 1. The summed E-state index contributed by atoms with van der Waals surface area (Å²) in [6.45, 7) is 1.40. The Balaban J connectivity index is 2.35. The Morgan fingerprint density at radius 1 is 1.04 bits per heavy atom. The molecule has 1 unspecified atom stereocenters. The van der Waals surface area contributed by atoms with Gasteiger partial charge in [-0.05, 0) is 36.8 Å². The third-order valence-corrected chi connectivity index (χ3v) is 5.87. The van der Waals surface area contributed by atoms with Crippen molar-refractivity contribution in [1.29, 1.82) is 0 Å². The number of halogens is 3. The topological polar surface area (TPSA) is 116 Å². The van der Waals surface area contributed by atoms with Gasteiger partial charge in [0.05, 0.1) is 4.90 Å². The molecule has 148 valence electrons. The third-order valence-electron chi connectivity index (χ3n) is 3.38. The van der Waals surface area contributed by atoms with Crippen molar-refractivity contribution in [1.82, 2.24) is 4.72 Å². The van der Waals surface area contributed by atoms with Gasteiger partial charge in [-0.15, -0.1) is 13.2 Å². The maximum absolute atomic E-state index is 12.5. The summed E-state index contributed by atoms with van der Waals surface area (Å²) in [5, 5.41) is 5.03. The Bertz CT molecular complexity index is 1040. The minimum atomic E-state index is -5.07. The first-order chi connectivity index (χ1) is 12.3. The summed E-state index contributed by atoms with van der Waals surface area (Å²) >= 11 is 0. The van der Waals surface area contributed by atoms with E-state index in [1.807, 2.05) is 0 Å². The van der Waals surface area contributed by atoms with Crippen LogP contribution in [0.25, 0.3) is 0 Å². The fraction of sp³-hybridized carbons (Fsp3) is 0.200. The van der Waals surface area contributed by atoms with Crippen molar-refractivity contribution in [3.05, 3.63) is 54.1 Å². The van der Waals surface area contributed by atoms with Crippen LogP contribution in [-0.4, -0.2) is 23.2 Å². The Morgan fingerprint density at radius 3 is 2.26 bits per heavy atom. The van der Waals surface area contributed by atoms with Crippen molar-refractivity contribution < 1.29 is 34.7 Å². The highest BCUT2D eigenvalue weighted by Crippen LogP contribution is 2.30. The van der Waals surface area contributed by atoms with Crippen LogP contribution >= 0.6 is 0 Å². The summed E-state index contributed by atoms with van der Waals surface area (Å²) in [4.78, 5) is -0.941. The van der Waals surface area contributed by atoms with E-state index >= 15 is 0 Å². The fourth-order valence-corrected chi connectivity index (χ4v) is 4.14. The van der Waals surface area contributed by atoms with Gasteiger partial charge in [-0.1, -0.05) is 24.3 Å². The predicted molar refractivity (Wildman–Crippen MR) is 89.7 cm³/mol. The average molecular weight is 424 g/mol. The number of alkyl halides is 3. The van der Waals surface area contributed by atoms with E-state index in [9.17, 15) is 30.0 Å². The Kier molecular flexibility index (Phi) is 5.85. The maximum atomic E-state index is 12.5. The number of benzene rings is 2. The van der Waals surface area contributed by atoms with E-state index in [4.69, 9.17) is 5.14 Å². The maximum Gasteiger partial charge on any atom is 0.573 e. The Morgan fingerprint density at radius 2 is 1.67 bits per heavy atom. The quantitative estimate of drug-likeness (QED) is 0.738. The SMILES string of the molecule is CC(NS(=O)(=O)c1ccccc1OC(F)(F)F)c1cccc(S(N)(=O)=O)c1. The van der Waals surface area contributed by atoms with Crippen molar-refractivity contribution in [2.24, 2.45) is 5.14 Å². The molecule has 0 bridgehead atoms. The monoisotopic (exact) mass is 424 g/mol. The normalized spacial score (nSPS) is 14.0. The van der Waals surface area contributed by atoms with Crippen LogP contribution in [0.3, 0.4) is 0 Å². The van der Waals surface area contributed by atoms with Crippen LogP contribution in [0.2, 0.25) is 0 Å². The van der Waals surface area contributed by atoms with E-state index in [0.717, 1.165) is 12.1 Å². The summed E-state index contributed by atoms with van der Waals surface area (Å²) < 4.78 is 91.2. The largest absolute Gasteiger partial charge is 0.573 e. The molecule has 0 saturated heterocycles. The molecule has 0 radical (unpaired) electrons. The van der Waals surface area contributed by atoms with Crippen LogP contribution in [0.1, 0.15) is 18.5 Å². The van der Waals surface area contributed by atoms with E-state index in [0.29, 0.717) is 0 Å². The molecule has 2 aromatic rings. The highest BCUT2D eigenvalue weighted by molar-refractivity contribution is 7.89. The number of hydrogen-bond acceptors (Lipinski definition) is 5. The molecule has 0 aliphatic carbocycles. The van der Waals surface area contributed by atoms with Crippen LogP contribution in [-0.2, 0) is 20.0 Å². The molecule has 1 atom stereocenters. The molecule has 0 saturated carbocycles. The van der Waals surface area contributed by atoms with Crippen LogP contribution in [0.5, 0.6) is 5.75 Å². The second-order valence-electron chi connectivity index (χ2n) is 5.46. The number of primary sulfonamides is 1. The smallest absolute Gasteiger partial charge is 0.404 e. The van der Waals surface area contributed by atoms with Crippen molar-refractivity contribution in [3.63, 3.8) is 0 Å². The standard InChI is InChI=1S/C15H15F3N2O5S2/c1-10(11-5-4-6-12(9-11)26(19,21)22)20-27(23,24)14-8-3-2-7-13(14)25-15(16,17)18/h2-10,20H,1H3,(H2,19,21,22). The first-order valence-electron chi connectivity index (χ1n) is 7.29. The van der Waals surface area contributed by atoms with Crippen molar-refractivity contribution in [2.45, 2.75) is 29.1 Å². The lowest BCUT2D eigenvalue weighted by Gasteiger charge is -2.18. The number of rotatable bonds is 6. The van der Waals surface area contributed by atoms with Gasteiger partial charge in [0, 0.05) is 6.04 Å². The van der Waals surface area contributed by atoms with E-state index < -0.39 is 43.1 Å². The zero-order valence-corrected chi connectivity index (χ0v) is 15.4. The molecule has 2 rings (SSSR count). The first kappa shape index (κ1) is 21.2. The van der Waals surface area contributed by atoms with Gasteiger partial charge in [0.25, 0.3) is 0 Å². The molecule has 12 heteroatoms. The van der Waals surface area contributed by atoms with Gasteiger partial charge in [0.1, 0.15) is 10.6 Å². The van der Waals surface area contributed by atoms with Gasteiger partial charge in [0.15, 0.2) is 0 Å². The van der Waals surface area contributed by atoms with Gasteiger partial charge < -0.3 is 4.74 Å². The van der Waals surface area contributed by atoms with E-state index in [1.165, 1.54) is 43.3 Å². The molecule has 0 heterocycles. The third kappa shape index (κ3) is 5.66. The van der Waals surface area contributed by atoms with E-state index in [-0.39, 0.29) is 10.5 Å². The van der Waals surface area contributed by atoms with Gasteiger partial charge in [-0.25, -0.2) is 26.7 Å². The summed E-state index contributed by atoms with van der Waals surface area (Å²) in [7, 11) is -8.42. The van der Waals surface area contributed by atoms with Crippen LogP contribution in [0.15, 0.2) is 58.3 Å². The molecule has 0 aliphatic rings. The minimum Gasteiger partial charge on any atom is -0.404 e. The summed E-state index contributed by atoms with van der Waals surface area (Å²) in [5.41, 5.74) is 0.249. The Hall–Kier alpha value is -2.15. The second kappa shape index (κ2) is 7.46. The first-order valence-corrected chi connectivity index (χ1v) is 10.3. The van der Waals surface area contributed by atoms with Crippen molar-refractivity contribution in [2.75, 3.05) is 0 Å². The van der Waals surface area contributed by atoms with E-state index in [2.05, 4.69) is 9.46 Å². The van der Waals surface area contributed by atoms with Crippen LogP contribution in [0.4, 0.5) is 13.2 Å². The molecule has 0 amide bonds. The summed E-state index contributed by atoms with van der Waals surface area (Å²) in [6, 6.07) is 8.50. The van der Waals surface area contributed by atoms with Crippen molar-refractivity contribution in [3.8, 4) is 5.75 Å². The number of ether oxygens (including phenoxy) is 1. The van der Waals surface area contributed by atoms with E-state index in [1.54, 1.807) is 0 Å². The van der Waals surface area contributed by atoms with Gasteiger partial charge in [-0.2, -0.15) is 0 Å². The summed E-state index contributed by atoms with van der Waals surface area (Å²) in [5.74, 6) is -0.886. The molecule has 0 fully saturated rings.